The molecule has 2 aliphatic rings. The summed E-state index contributed by atoms with van der Waals surface area (Å²) in [5.74, 6) is -0.474. The second kappa shape index (κ2) is 14.0. The van der Waals surface area contributed by atoms with Crippen LogP contribution in [0.3, 0.4) is 0 Å². The molecule has 0 amide bonds. The quantitative estimate of drug-likeness (QED) is 0.590. The van der Waals surface area contributed by atoms with Crippen LogP contribution in [0.2, 0.25) is 0 Å². The van der Waals surface area contributed by atoms with E-state index in [1.807, 2.05) is 0 Å². The summed E-state index contributed by atoms with van der Waals surface area (Å²) in [4.78, 5) is 27.8. The van der Waals surface area contributed by atoms with E-state index >= 15 is 0 Å². The Labute approximate surface area is 190 Å². The molecule has 0 saturated carbocycles. The summed E-state index contributed by atoms with van der Waals surface area (Å²) in [5.41, 5.74) is 0.633. The Morgan fingerprint density at radius 3 is 2.14 bits per heavy atom. The normalized spacial score (nSPS) is 17.9. The van der Waals surface area contributed by atoms with Crippen molar-refractivity contribution >= 4 is 49.0 Å². The number of halogens is 3. The lowest BCUT2D eigenvalue weighted by Gasteiger charge is -2.40. The number of aliphatic carboxylic acids is 1. The number of carbonyl (C=O) groups is 2. The van der Waals surface area contributed by atoms with Crippen LogP contribution < -0.4 is 10.1 Å². The monoisotopic (exact) mass is 469 g/mol. The zero-order valence-corrected chi connectivity index (χ0v) is 18.7. The molecule has 2 fully saturated rings. The number of piperidine rings is 1. The minimum atomic E-state index is -1.02. The van der Waals surface area contributed by atoms with Gasteiger partial charge in [0.25, 0.3) is 0 Å². The maximum Gasteiger partial charge on any atom is 0.341 e. The number of piperazine rings is 1. The Hall–Kier alpha value is -1.09. The minimum absolute atomic E-state index is 0. The van der Waals surface area contributed by atoms with E-state index in [-0.39, 0.29) is 49.6 Å². The third kappa shape index (κ3) is 8.66. The Balaban J connectivity index is 0.00000261. The lowest BCUT2D eigenvalue weighted by Crippen LogP contribution is -2.53. The zero-order chi connectivity index (χ0) is 18.4. The molecule has 10 heteroatoms. The van der Waals surface area contributed by atoms with Gasteiger partial charge in [-0.15, -0.1) is 37.2 Å². The maximum atomic E-state index is 12.5. The van der Waals surface area contributed by atoms with E-state index in [0.29, 0.717) is 23.9 Å². The average Bonchev–Trinajstić information content (AvgIpc) is 2.68. The van der Waals surface area contributed by atoms with Crippen molar-refractivity contribution < 1.29 is 19.4 Å². The lowest BCUT2D eigenvalue weighted by molar-refractivity contribution is -0.139. The fraction of sp³-hybridized carbons (Fsp3) is 0.579. The van der Waals surface area contributed by atoms with Crippen molar-refractivity contribution in [3.05, 3.63) is 29.8 Å². The van der Waals surface area contributed by atoms with Gasteiger partial charge in [-0.3, -0.25) is 14.6 Å². The van der Waals surface area contributed by atoms with Crippen LogP contribution in [0.25, 0.3) is 0 Å². The van der Waals surface area contributed by atoms with Crippen LogP contribution in [0.15, 0.2) is 24.3 Å². The molecule has 1 aromatic carbocycles. The molecule has 0 aliphatic carbocycles. The van der Waals surface area contributed by atoms with Crippen LogP contribution >= 0.6 is 37.2 Å². The van der Waals surface area contributed by atoms with Crippen LogP contribution in [-0.2, 0) is 4.79 Å². The van der Waals surface area contributed by atoms with Crippen LogP contribution in [0, 0.1) is 0 Å². The van der Waals surface area contributed by atoms with Gasteiger partial charge in [0.2, 0.25) is 0 Å². The Bertz CT molecular complexity index is 620. The molecule has 0 atom stereocenters. The third-order valence-electron chi connectivity index (χ3n) is 5.14. The van der Waals surface area contributed by atoms with Crippen LogP contribution in [-0.4, -0.2) is 85.1 Å². The molecule has 2 heterocycles. The highest BCUT2D eigenvalue weighted by Gasteiger charge is 2.25. The van der Waals surface area contributed by atoms with E-state index in [0.717, 1.165) is 39.3 Å². The van der Waals surface area contributed by atoms with Crippen molar-refractivity contribution in [2.75, 3.05) is 52.4 Å². The summed E-state index contributed by atoms with van der Waals surface area (Å²) in [5, 5.41) is 12.0. The number of carboxylic acids is 1. The summed E-state index contributed by atoms with van der Waals surface area (Å²) in [6.07, 6.45) is 2.43. The first-order valence-corrected chi connectivity index (χ1v) is 9.27. The Kier molecular flexibility index (Phi) is 13.5. The Morgan fingerprint density at radius 1 is 1.00 bits per heavy atom. The number of carboxylic acid groups (broad SMARTS) is 1. The molecule has 0 spiro atoms. The van der Waals surface area contributed by atoms with Crippen LogP contribution in [0.5, 0.6) is 5.75 Å². The van der Waals surface area contributed by atoms with Gasteiger partial charge in [0.1, 0.15) is 5.75 Å². The molecule has 0 unspecified atom stereocenters. The molecule has 2 aliphatic heterocycles. The van der Waals surface area contributed by atoms with Crippen LogP contribution in [0.1, 0.15) is 23.2 Å². The van der Waals surface area contributed by atoms with E-state index in [1.165, 1.54) is 12.8 Å². The van der Waals surface area contributed by atoms with Gasteiger partial charge < -0.3 is 15.2 Å². The number of nitrogens with zero attached hydrogens (tertiary/aromatic N) is 2. The first-order valence-electron chi connectivity index (χ1n) is 9.27. The number of ether oxygens (including phenoxy) is 1. The molecule has 29 heavy (non-hydrogen) atoms. The summed E-state index contributed by atoms with van der Waals surface area (Å²) in [6, 6.07) is 7.37. The number of nitrogens with one attached hydrogen (secondary N) is 1. The van der Waals surface area contributed by atoms with Crippen molar-refractivity contribution in [2.45, 2.75) is 18.9 Å². The van der Waals surface area contributed by atoms with Crippen LogP contribution in [0.4, 0.5) is 0 Å². The first-order chi connectivity index (χ1) is 12.6. The van der Waals surface area contributed by atoms with Gasteiger partial charge in [0, 0.05) is 37.8 Å². The summed E-state index contributed by atoms with van der Waals surface area (Å²) in [7, 11) is 0. The number of ketones is 1. The SMILES string of the molecule is Cl.Cl.Cl.O=C(O)COc1ccc(C(=O)CN2CCN(C3CCNCC3)CC2)cc1. The van der Waals surface area contributed by atoms with Crippen molar-refractivity contribution in [3.63, 3.8) is 0 Å². The molecular weight excluding hydrogens is 441 g/mol. The Morgan fingerprint density at radius 2 is 1.59 bits per heavy atom. The van der Waals surface area contributed by atoms with Gasteiger partial charge in [-0.25, -0.2) is 4.79 Å². The molecule has 0 radical (unpaired) electrons. The number of hydrogen-bond donors (Lipinski definition) is 2. The van der Waals surface area contributed by atoms with Crippen molar-refractivity contribution in [3.8, 4) is 5.75 Å². The minimum Gasteiger partial charge on any atom is -0.482 e. The van der Waals surface area contributed by atoms with E-state index in [2.05, 4.69) is 15.1 Å². The fourth-order valence-electron chi connectivity index (χ4n) is 3.63. The molecule has 7 nitrogen and oxygen atoms in total. The smallest absolute Gasteiger partial charge is 0.341 e. The standard InChI is InChI=1S/C19H27N3O4.3ClH/c23-18(15-1-3-17(4-2-15)26-14-19(24)25)13-21-9-11-22(12-10-21)16-5-7-20-8-6-16;;;/h1-4,16,20H,5-14H2,(H,24,25);3*1H. The van der Waals surface area contributed by atoms with E-state index in [9.17, 15) is 9.59 Å². The van der Waals surface area contributed by atoms with Gasteiger partial charge in [-0.2, -0.15) is 0 Å². The number of rotatable bonds is 7. The molecule has 2 N–H and O–H groups in total. The van der Waals surface area contributed by atoms with Gasteiger partial charge in [-0.05, 0) is 50.2 Å². The van der Waals surface area contributed by atoms with Gasteiger partial charge >= 0.3 is 5.97 Å². The highest BCUT2D eigenvalue weighted by molar-refractivity contribution is 5.97. The summed E-state index contributed by atoms with van der Waals surface area (Å²) >= 11 is 0. The van der Waals surface area contributed by atoms with Crippen molar-refractivity contribution in [2.24, 2.45) is 0 Å². The highest BCUT2D eigenvalue weighted by Crippen LogP contribution is 2.16. The molecule has 3 rings (SSSR count). The van der Waals surface area contributed by atoms with Crippen molar-refractivity contribution in [1.82, 2.24) is 15.1 Å². The summed E-state index contributed by atoms with van der Waals surface area (Å²) < 4.78 is 5.09. The molecule has 0 aromatic heterocycles. The van der Waals surface area contributed by atoms with Gasteiger partial charge in [0.05, 0.1) is 6.54 Å². The topological polar surface area (TPSA) is 82.1 Å². The second-order valence-electron chi connectivity index (χ2n) is 6.92. The fourth-order valence-corrected chi connectivity index (χ4v) is 3.63. The van der Waals surface area contributed by atoms with E-state index in [1.54, 1.807) is 24.3 Å². The predicted molar refractivity (Wildman–Crippen MR) is 120 cm³/mol. The molecule has 2 saturated heterocycles. The average molecular weight is 471 g/mol. The zero-order valence-electron chi connectivity index (χ0n) is 16.2. The lowest BCUT2D eigenvalue weighted by atomic mass is 10.0. The second-order valence-corrected chi connectivity index (χ2v) is 6.92. The number of carbonyl (C=O) groups excluding carboxylic acids is 1. The third-order valence-corrected chi connectivity index (χ3v) is 5.14. The maximum absolute atomic E-state index is 12.5. The largest absolute Gasteiger partial charge is 0.482 e. The van der Waals surface area contributed by atoms with E-state index in [4.69, 9.17) is 9.84 Å². The van der Waals surface area contributed by atoms with Gasteiger partial charge in [-0.1, -0.05) is 0 Å². The number of hydrogen-bond acceptors (Lipinski definition) is 6. The van der Waals surface area contributed by atoms with E-state index < -0.39 is 5.97 Å². The molecule has 1 aromatic rings. The van der Waals surface area contributed by atoms with Crippen molar-refractivity contribution in [1.29, 1.82) is 0 Å². The summed E-state index contributed by atoms with van der Waals surface area (Å²) in [6.45, 7) is 6.17. The molecular formula is C19H30Cl3N3O4. The predicted octanol–water partition coefficient (Wildman–Crippen LogP) is 1.97. The highest BCUT2D eigenvalue weighted by atomic mass is 35.5. The molecule has 0 bridgehead atoms. The molecule has 166 valence electrons. The number of benzene rings is 1. The number of Topliss-reactive ketones (excluding diaryl/α,β-unsaturated/α-hetero) is 1. The first kappa shape index (κ1) is 27.9. The van der Waals surface area contributed by atoms with Gasteiger partial charge in [0.15, 0.2) is 12.4 Å².